The van der Waals surface area contributed by atoms with Gasteiger partial charge in [-0.25, -0.2) is 0 Å². The van der Waals surface area contributed by atoms with Crippen LogP contribution in [0.2, 0.25) is 0 Å². The molecule has 1 atom stereocenters. The molecule has 1 unspecified atom stereocenters. The highest BCUT2D eigenvalue weighted by atomic mass is 19.4. The molecule has 0 radical (unpaired) electrons. The molecule has 9 heteroatoms. The van der Waals surface area contributed by atoms with Crippen molar-refractivity contribution in [2.24, 2.45) is 13.0 Å². The van der Waals surface area contributed by atoms with Crippen LogP contribution in [-0.4, -0.2) is 44.8 Å². The molecule has 128 valence electrons. The number of alkyl halides is 3. The summed E-state index contributed by atoms with van der Waals surface area (Å²) in [6.07, 6.45) is -3.29. The molecule has 0 aromatic carbocycles. The van der Waals surface area contributed by atoms with E-state index in [1.165, 1.54) is 11.9 Å². The Morgan fingerprint density at radius 1 is 1.35 bits per heavy atom. The molecule has 1 fully saturated rings. The zero-order chi connectivity index (χ0) is 17.2. The van der Waals surface area contributed by atoms with E-state index in [2.05, 4.69) is 5.10 Å². The Bertz CT molecular complexity index is 598. The minimum Gasteiger partial charge on any atom is -0.481 e. The molecular formula is C14H18F3N3O3. The molecule has 0 saturated carbocycles. The summed E-state index contributed by atoms with van der Waals surface area (Å²) in [6.45, 7) is 0.729. The smallest absolute Gasteiger partial charge is 0.435 e. The molecule has 1 aromatic rings. The van der Waals surface area contributed by atoms with Gasteiger partial charge in [0.1, 0.15) is 0 Å². The number of rotatable bonds is 3. The number of carboxylic acids is 1. The second-order valence-electron chi connectivity index (χ2n) is 5.67. The van der Waals surface area contributed by atoms with Gasteiger partial charge in [0, 0.05) is 25.8 Å². The van der Waals surface area contributed by atoms with Crippen LogP contribution in [0, 0.1) is 5.92 Å². The van der Waals surface area contributed by atoms with Crippen molar-refractivity contribution in [3.63, 3.8) is 0 Å². The molecule has 1 aliphatic rings. The normalized spacial score (nSPS) is 19.5. The van der Waals surface area contributed by atoms with Crippen LogP contribution >= 0.6 is 0 Å². The summed E-state index contributed by atoms with van der Waals surface area (Å²) in [5, 5.41) is 12.4. The molecule has 0 spiro atoms. The largest absolute Gasteiger partial charge is 0.481 e. The van der Waals surface area contributed by atoms with Gasteiger partial charge in [0.15, 0.2) is 5.69 Å². The van der Waals surface area contributed by atoms with E-state index < -0.39 is 23.8 Å². The fourth-order valence-corrected chi connectivity index (χ4v) is 2.67. The van der Waals surface area contributed by atoms with Gasteiger partial charge in [-0.2, -0.15) is 18.3 Å². The number of nitrogens with zero attached hydrogens (tertiary/aromatic N) is 3. The topological polar surface area (TPSA) is 75.4 Å². The van der Waals surface area contributed by atoms with Gasteiger partial charge in [-0.05, 0) is 25.3 Å². The van der Waals surface area contributed by atoms with Crippen LogP contribution in [0.5, 0.6) is 0 Å². The summed E-state index contributed by atoms with van der Waals surface area (Å²) >= 11 is 0. The van der Waals surface area contributed by atoms with Crippen molar-refractivity contribution in [3.8, 4) is 0 Å². The van der Waals surface area contributed by atoms with Crippen molar-refractivity contribution in [1.29, 1.82) is 0 Å². The fourth-order valence-electron chi connectivity index (χ4n) is 2.67. The van der Waals surface area contributed by atoms with E-state index in [1.807, 2.05) is 0 Å². The van der Waals surface area contributed by atoms with E-state index in [-0.39, 0.29) is 18.0 Å². The van der Waals surface area contributed by atoms with E-state index in [4.69, 9.17) is 5.11 Å². The molecule has 6 nitrogen and oxygen atoms in total. The lowest BCUT2D eigenvalue weighted by Gasteiger charge is -2.20. The highest BCUT2D eigenvalue weighted by Gasteiger charge is 2.35. The number of carboxylic acid groups (broad SMARTS) is 1. The summed E-state index contributed by atoms with van der Waals surface area (Å²) in [4.78, 5) is 24.8. The first kappa shape index (κ1) is 17.3. The first-order chi connectivity index (χ1) is 10.7. The maximum absolute atomic E-state index is 12.6. The predicted octanol–water partition coefficient (Wildman–Crippen LogP) is 1.69. The Kier molecular flexibility index (Phi) is 4.96. The molecule has 2 rings (SSSR count). The van der Waals surface area contributed by atoms with Crippen molar-refractivity contribution in [3.05, 3.63) is 17.5 Å². The summed E-state index contributed by atoms with van der Waals surface area (Å²) < 4.78 is 38.9. The lowest BCUT2D eigenvalue weighted by molar-refractivity contribution is -0.142. The Morgan fingerprint density at radius 2 is 2.04 bits per heavy atom. The van der Waals surface area contributed by atoms with E-state index in [9.17, 15) is 22.8 Å². The molecule has 1 aliphatic heterocycles. The van der Waals surface area contributed by atoms with Crippen molar-refractivity contribution in [1.82, 2.24) is 14.7 Å². The SMILES string of the molecule is Cn1nc(C(F)(F)F)cc1CC(=O)N1CCCC(C(=O)O)CC1. The van der Waals surface area contributed by atoms with Gasteiger partial charge < -0.3 is 10.0 Å². The Hall–Kier alpha value is -2.06. The van der Waals surface area contributed by atoms with Crippen molar-refractivity contribution >= 4 is 11.9 Å². The first-order valence-electron chi connectivity index (χ1n) is 7.29. The maximum atomic E-state index is 12.6. The third kappa shape index (κ3) is 4.23. The lowest BCUT2D eigenvalue weighted by atomic mass is 10.0. The number of likely N-dealkylation sites (tertiary alicyclic amines) is 1. The monoisotopic (exact) mass is 333 g/mol. The van der Waals surface area contributed by atoms with E-state index in [0.29, 0.717) is 32.4 Å². The van der Waals surface area contributed by atoms with Crippen molar-refractivity contribution in [2.45, 2.75) is 31.9 Å². The van der Waals surface area contributed by atoms with E-state index in [0.717, 1.165) is 10.7 Å². The lowest BCUT2D eigenvalue weighted by Crippen LogP contribution is -2.33. The molecule has 1 amide bonds. The number of hydrogen-bond donors (Lipinski definition) is 1. The molecule has 23 heavy (non-hydrogen) atoms. The van der Waals surface area contributed by atoms with Gasteiger partial charge in [0.2, 0.25) is 5.91 Å². The molecule has 1 aromatic heterocycles. The summed E-state index contributed by atoms with van der Waals surface area (Å²) in [5.74, 6) is -1.66. The number of hydrogen-bond acceptors (Lipinski definition) is 3. The van der Waals surface area contributed by atoms with Gasteiger partial charge in [0.25, 0.3) is 0 Å². The summed E-state index contributed by atoms with van der Waals surface area (Å²) in [5.41, 5.74) is -0.842. The molecule has 2 heterocycles. The number of aliphatic carboxylic acids is 1. The second kappa shape index (κ2) is 6.59. The molecular weight excluding hydrogens is 315 g/mol. The highest BCUT2D eigenvalue weighted by molar-refractivity contribution is 5.78. The van der Waals surface area contributed by atoms with Gasteiger partial charge in [-0.15, -0.1) is 0 Å². The minimum absolute atomic E-state index is 0.182. The van der Waals surface area contributed by atoms with Crippen molar-refractivity contribution in [2.75, 3.05) is 13.1 Å². The number of aromatic nitrogens is 2. The van der Waals surface area contributed by atoms with Crippen LogP contribution in [0.1, 0.15) is 30.7 Å². The highest BCUT2D eigenvalue weighted by Crippen LogP contribution is 2.28. The van der Waals surface area contributed by atoms with Gasteiger partial charge in [0.05, 0.1) is 12.3 Å². The molecule has 1 saturated heterocycles. The quantitative estimate of drug-likeness (QED) is 0.913. The Labute approximate surface area is 130 Å². The summed E-state index contributed by atoms with van der Waals surface area (Å²) in [7, 11) is 1.36. The average Bonchev–Trinajstić information content (AvgIpc) is 2.69. The Morgan fingerprint density at radius 3 is 2.61 bits per heavy atom. The number of carbonyl (C=O) groups is 2. The average molecular weight is 333 g/mol. The summed E-state index contributed by atoms with van der Waals surface area (Å²) in [6, 6.07) is 0.871. The zero-order valence-electron chi connectivity index (χ0n) is 12.6. The minimum atomic E-state index is -4.55. The third-order valence-electron chi connectivity index (χ3n) is 4.03. The predicted molar refractivity (Wildman–Crippen MR) is 73.5 cm³/mol. The Balaban J connectivity index is 2.02. The van der Waals surface area contributed by atoms with E-state index in [1.54, 1.807) is 0 Å². The standard InChI is InChI=1S/C14H18F3N3O3/c1-19-10(7-11(18-19)14(15,16)17)8-12(21)20-5-2-3-9(4-6-20)13(22)23/h7,9H,2-6,8H2,1H3,(H,22,23). The second-order valence-corrected chi connectivity index (χ2v) is 5.67. The third-order valence-corrected chi connectivity index (χ3v) is 4.03. The van der Waals surface area contributed by atoms with Crippen LogP contribution < -0.4 is 0 Å². The van der Waals surface area contributed by atoms with Crippen LogP contribution in [0.4, 0.5) is 13.2 Å². The fraction of sp³-hybridized carbons (Fsp3) is 0.643. The van der Waals surface area contributed by atoms with Crippen LogP contribution in [0.15, 0.2) is 6.07 Å². The van der Waals surface area contributed by atoms with Gasteiger partial charge in [-0.3, -0.25) is 14.3 Å². The molecule has 1 N–H and O–H groups in total. The van der Waals surface area contributed by atoms with Gasteiger partial charge >= 0.3 is 12.1 Å². The van der Waals surface area contributed by atoms with Crippen LogP contribution in [0.25, 0.3) is 0 Å². The number of aryl methyl sites for hydroxylation is 1. The number of halogens is 3. The van der Waals surface area contributed by atoms with Crippen LogP contribution in [0.3, 0.4) is 0 Å². The molecule has 0 aliphatic carbocycles. The van der Waals surface area contributed by atoms with Gasteiger partial charge in [-0.1, -0.05) is 0 Å². The maximum Gasteiger partial charge on any atom is 0.435 e. The van der Waals surface area contributed by atoms with Crippen LogP contribution in [-0.2, 0) is 29.2 Å². The molecule has 0 bridgehead atoms. The first-order valence-corrected chi connectivity index (χ1v) is 7.29. The number of carbonyl (C=O) groups excluding carboxylic acids is 1. The van der Waals surface area contributed by atoms with Crippen molar-refractivity contribution < 1.29 is 27.9 Å². The zero-order valence-corrected chi connectivity index (χ0v) is 12.6. The number of amides is 1. The van der Waals surface area contributed by atoms with E-state index >= 15 is 0 Å².